The molecule has 0 unspecified atom stereocenters. The SMILES string of the molecule is COCCC[C@H]1CN(c2c(C(F)(F)F)ccc3c2C=Nc2ccccc2N3)CCN1. The average Bonchev–Trinajstić information content (AvgIpc) is 2.92. The number of hydrogen-bond donors (Lipinski definition) is 2. The zero-order valence-electron chi connectivity index (χ0n) is 16.8. The van der Waals surface area contributed by atoms with Crippen LogP contribution >= 0.6 is 0 Å². The van der Waals surface area contributed by atoms with Gasteiger partial charge in [-0.05, 0) is 37.1 Å². The molecule has 30 heavy (non-hydrogen) atoms. The lowest BCUT2D eigenvalue weighted by atomic mass is 10.0. The number of hydrogen-bond acceptors (Lipinski definition) is 5. The van der Waals surface area contributed by atoms with Crippen molar-refractivity contribution in [3.8, 4) is 0 Å². The highest BCUT2D eigenvalue weighted by molar-refractivity contribution is 6.01. The van der Waals surface area contributed by atoms with E-state index in [0.717, 1.165) is 18.5 Å². The number of rotatable bonds is 5. The highest BCUT2D eigenvalue weighted by Gasteiger charge is 2.38. The summed E-state index contributed by atoms with van der Waals surface area (Å²) in [5, 5.41) is 6.68. The number of aliphatic imine (C=N–C) groups is 1. The molecule has 2 N–H and O–H groups in total. The average molecular weight is 418 g/mol. The number of anilines is 3. The summed E-state index contributed by atoms with van der Waals surface area (Å²) in [5.41, 5.74) is 2.14. The first-order valence-electron chi connectivity index (χ1n) is 10.1. The lowest BCUT2D eigenvalue weighted by Crippen LogP contribution is -2.51. The van der Waals surface area contributed by atoms with E-state index in [0.29, 0.717) is 43.2 Å². The number of nitrogens with zero attached hydrogens (tertiary/aromatic N) is 2. The van der Waals surface area contributed by atoms with Gasteiger partial charge in [0.05, 0.1) is 22.6 Å². The molecular formula is C22H25F3N4O. The Kier molecular flexibility index (Phi) is 5.97. The molecular weight excluding hydrogens is 393 g/mol. The van der Waals surface area contributed by atoms with E-state index >= 15 is 0 Å². The molecule has 1 saturated heterocycles. The van der Waals surface area contributed by atoms with Crippen LogP contribution in [0.4, 0.5) is 35.9 Å². The maximum absolute atomic E-state index is 14.0. The highest BCUT2D eigenvalue weighted by atomic mass is 19.4. The minimum absolute atomic E-state index is 0.110. The fourth-order valence-electron chi connectivity index (χ4n) is 4.08. The van der Waals surface area contributed by atoms with Crippen molar-refractivity contribution in [1.82, 2.24) is 5.32 Å². The predicted octanol–water partition coefficient (Wildman–Crippen LogP) is 4.72. The Labute approximate surface area is 173 Å². The van der Waals surface area contributed by atoms with Gasteiger partial charge in [0, 0.05) is 56.9 Å². The molecule has 0 radical (unpaired) electrons. The van der Waals surface area contributed by atoms with Gasteiger partial charge in [-0.25, -0.2) is 0 Å². The number of ether oxygens (including phenoxy) is 1. The van der Waals surface area contributed by atoms with Gasteiger partial charge in [-0.1, -0.05) is 12.1 Å². The highest BCUT2D eigenvalue weighted by Crippen LogP contribution is 2.43. The van der Waals surface area contributed by atoms with Crippen LogP contribution in [0.25, 0.3) is 0 Å². The van der Waals surface area contributed by atoms with Crippen molar-refractivity contribution in [1.29, 1.82) is 0 Å². The quantitative estimate of drug-likeness (QED) is 0.589. The largest absolute Gasteiger partial charge is 0.418 e. The fourth-order valence-corrected chi connectivity index (χ4v) is 4.08. The zero-order valence-corrected chi connectivity index (χ0v) is 16.8. The second kappa shape index (κ2) is 8.65. The van der Waals surface area contributed by atoms with E-state index in [9.17, 15) is 13.2 Å². The first-order chi connectivity index (χ1) is 14.5. The lowest BCUT2D eigenvalue weighted by molar-refractivity contribution is -0.137. The Morgan fingerprint density at radius 2 is 2.00 bits per heavy atom. The second-order valence-corrected chi connectivity index (χ2v) is 7.55. The summed E-state index contributed by atoms with van der Waals surface area (Å²) in [7, 11) is 1.65. The molecule has 2 heterocycles. The van der Waals surface area contributed by atoms with Crippen LogP contribution in [-0.4, -0.2) is 45.6 Å². The number of alkyl halides is 3. The normalized spacial score (nSPS) is 18.4. The molecule has 2 aliphatic heterocycles. The van der Waals surface area contributed by atoms with Gasteiger partial charge in [0.2, 0.25) is 0 Å². The topological polar surface area (TPSA) is 48.9 Å². The van der Waals surface area contributed by atoms with Crippen molar-refractivity contribution < 1.29 is 17.9 Å². The van der Waals surface area contributed by atoms with Crippen LogP contribution in [-0.2, 0) is 10.9 Å². The Morgan fingerprint density at radius 1 is 1.17 bits per heavy atom. The van der Waals surface area contributed by atoms with E-state index in [-0.39, 0.29) is 11.7 Å². The van der Waals surface area contributed by atoms with Gasteiger partial charge in [-0.15, -0.1) is 0 Å². The minimum atomic E-state index is -4.45. The van der Waals surface area contributed by atoms with E-state index in [1.54, 1.807) is 13.3 Å². The van der Waals surface area contributed by atoms with E-state index in [4.69, 9.17) is 4.74 Å². The molecule has 0 aromatic heterocycles. The molecule has 0 amide bonds. The maximum atomic E-state index is 14.0. The summed E-state index contributed by atoms with van der Waals surface area (Å²) in [6.07, 6.45) is -1.19. The summed E-state index contributed by atoms with van der Waals surface area (Å²) >= 11 is 0. The molecule has 1 fully saturated rings. The number of fused-ring (bicyclic) bond motifs is 2. The molecule has 0 aliphatic carbocycles. The molecule has 2 aromatic carbocycles. The van der Waals surface area contributed by atoms with Gasteiger partial charge < -0.3 is 20.3 Å². The third-order valence-corrected chi connectivity index (χ3v) is 5.50. The molecule has 160 valence electrons. The van der Waals surface area contributed by atoms with E-state index in [1.807, 2.05) is 29.2 Å². The molecule has 5 nitrogen and oxygen atoms in total. The standard InChI is InChI=1S/C22H25F3N4O/c1-30-12-4-5-15-14-29(11-10-26-15)21-16-13-27-19-6-2-3-7-20(19)28-18(16)9-8-17(21)22(23,24)25/h2-3,6-9,13,15,26,28H,4-5,10-12,14H2,1H3/t15-/m0/s1. The molecule has 0 saturated carbocycles. The van der Waals surface area contributed by atoms with Crippen LogP contribution < -0.4 is 15.5 Å². The van der Waals surface area contributed by atoms with Crippen LogP contribution in [0, 0.1) is 0 Å². The molecule has 0 bridgehead atoms. The van der Waals surface area contributed by atoms with Gasteiger partial charge in [-0.3, -0.25) is 4.99 Å². The first-order valence-corrected chi connectivity index (χ1v) is 10.1. The monoisotopic (exact) mass is 418 g/mol. The number of benzene rings is 2. The summed E-state index contributed by atoms with van der Waals surface area (Å²) in [6.45, 7) is 2.27. The van der Waals surface area contributed by atoms with Crippen LogP contribution in [0.1, 0.15) is 24.0 Å². The van der Waals surface area contributed by atoms with Gasteiger partial charge >= 0.3 is 6.18 Å². The fraction of sp³-hybridized carbons (Fsp3) is 0.409. The van der Waals surface area contributed by atoms with Gasteiger partial charge in [0.15, 0.2) is 0 Å². The minimum Gasteiger partial charge on any atom is -0.385 e. The number of nitrogens with one attached hydrogen (secondary N) is 2. The molecule has 4 rings (SSSR count). The van der Waals surface area contributed by atoms with Gasteiger partial charge in [0.25, 0.3) is 0 Å². The molecule has 2 aromatic rings. The molecule has 0 spiro atoms. The second-order valence-electron chi connectivity index (χ2n) is 7.55. The zero-order chi connectivity index (χ0) is 21.1. The Hall–Kier alpha value is -2.58. The van der Waals surface area contributed by atoms with Crippen molar-refractivity contribution in [3.63, 3.8) is 0 Å². The predicted molar refractivity (Wildman–Crippen MR) is 114 cm³/mol. The smallest absolute Gasteiger partial charge is 0.385 e. The number of methoxy groups -OCH3 is 1. The maximum Gasteiger partial charge on any atom is 0.418 e. The van der Waals surface area contributed by atoms with Crippen LogP contribution in [0.15, 0.2) is 41.4 Å². The number of piperazine rings is 1. The summed E-state index contributed by atoms with van der Waals surface area (Å²) in [5.74, 6) is 0. The number of para-hydroxylation sites is 2. The van der Waals surface area contributed by atoms with Crippen LogP contribution in [0.3, 0.4) is 0 Å². The van der Waals surface area contributed by atoms with Crippen molar-refractivity contribution in [2.75, 3.05) is 43.6 Å². The van der Waals surface area contributed by atoms with Crippen LogP contribution in [0.5, 0.6) is 0 Å². The molecule has 1 atom stereocenters. The lowest BCUT2D eigenvalue weighted by Gasteiger charge is -2.37. The van der Waals surface area contributed by atoms with Crippen LogP contribution in [0.2, 0.25) is 0 Å². The summed E-state index contributed by atoms with van der Waals surface area (Å²) < 4.78 is 47.0. The van der Waals surface area contributed by atoms with Gasteiger partial charge in [0.1, 0.15) is 0 Å². The van der Waals surface area contributed by atoms with Crippen molar-refractivity contribution in [3.05, 3.63) is 47.5 Å². The summed E-state index contributed by atoms with van der Waals surface area (Å²) in [6, 6.07) is 10.2. The molecule has 2 aliphatic rings. The van der Waals surface area contributed by atoms with E-state index < -0.39 is 11.7 Å². The third-order valence-electron chi connectivity index (χ3n) is 5.50. The first kappa shape index (κ1) is 20.7. The van der Waals surface area contributed by atoms with E-state index in [1.165, 1.54) is 12.1 Å². The van der Waals surface area contributed by atoms with Crippen molar-refractivity contribution >= 4 is 29.0 Å². The van der Waals surface area contributed by atoms with Crippen molar-refractivity contribution in [2.45, 2.75) is 25.1 Å². The van der Waals surface area contributed by atoms with Crippen molar-refractivity contribution in [2.24, 2.45) is 4.99 Å². The summed E-state index contributed by atoms with van der Waals surface area (Å²) in [4.78, 5) is 6.32. The molecule has 8 heteroatoms. The third kappa shape index (κ3) is 4.29. The Bertz CT molecular complexity index is 929. The van der Waals surface area contributed by atoms with E-state index in [2.05, 4.69) is 15.6 Å². The number of halogens is 3. The van der Waals surface area contributed by atoms with Gasteiger partial charge in [-0.2, -0.15) is 13.2 Å². The Morgan fingerprint density at radius 3 is 2.80 bits per heavy atom. The Balaban J connectivity index is 1.73.